The van der Waals surface area contributed by atoms with E-state index in [0.29, 0.717) is 12.0 Å². The average Bonchev–Trinajstić information content (AvgIpc) is 3.37. The highest BCUT2D eigenvalue weighted by Gasteiger charge is 2.43. The van der Waals surface area contributed by atoms with Gasteiger partial charge in [-0.05, 0) is 61.4 Å². The minimum atomic E-state index is -1.07. The van der Waals surface area contributed by atoms with Crippen LogP contribution in [-0.2, 0) is 17.6 Å². The Morgan fingerprint density at radius 2 is 1.67 bits per heavy atom. The number of esters is 1. The first-order valence-corrected chi connectivity index (χ1v) is 11.1. The van der Waals surface area contributed by atoms with E-state index < -0.39 is 23.8 Å². The molecule has 7 nitrogen and oxygen atoms in total. The summed E-state index contributed by atoms with van der Waals surface area (Å²) in [6, 6.07) is 10.4. The highest BCUT2D eigenvalue weighted by Crippen LogP contribution is 2.31. The maximum Gasteiger partial charge on any atom is 0.339 e. The van der Waals surface area contributed by atoms with Gasteiger partial charge in [-0.25, -0.2) is 9.59 Å². The number of hydrogen-bond donors (Lipinski definition) is 0. The third-order valence-corrected chi connectivity index (χ3v) is 6.27. The monoisotopic (exact) mass is 445 g/mol. The molecule has 1 aliphatic heterocycles. The molecule has 0 spiro atoms. The van der Waals surface area contributed by atoms with Gasteiger partial charge in [0.1, 0.15) is 17.4 Å². The number of nitrogens with zero attached hydrogens (tertiary/aromatic N) is 1. The second-order valence-corrected chi connectivity index (χ2v) is 8.95. The fraction of sp³-hybridized carbons (Fsp3) is 0.308. The summed E-state index contributed by atoms with van der Waals surface area (Å²) in [6.07, 6.45) is 2.70. The van der Waals surface area contributed by atoms with E-state index in [1.165, 1.54) is 6.07 Å². The van der Waals surface area contributed by atoms with Gasteiger partial charge in [-0.1, -0.05) is 26.0 Å². The molecule has 1 aliphatic carbocycles. The van der Waals surface area contributed by atoms with Crippen LogP contribution in [0, 0.1) is 5.92 Å². The zero-order chi connectivity index (χ0) is 23.3. The number of fused-ring (bicyclic) bond motifs is 4. The van der Waals surface area contributed by atoms with Gasteiger partial charge < -0.3 is 9.15 Å². The highest BCUT2D eigenvalue weighted by atomic mass is 16.5. The number of carbonyl (C=O) groups excluding carboxylic acids is 3. The molecule has 0 saturated carbocycles. The van der Waals surface area contributed by atoms with E-state index in [9.17, 15) is 19.2 Å². The van der Waals surface area contributed by atoms with Crippen LogP contribution < -0.4 is 10.4 Å². The number of hydrogen-bond acceptors (Lipinski definition) is 6. The van der Waals surface area contributed by atoms with Crippen LogP contribution in [0.25, 0.3) is 11.0 Å². The lowest BCUT2D eigenvalue weighted by Crippen LogP contribution is -2.47. The minimum Gasteiger partial charge on any atom is -0.425 e. The van der Waals surface area contributed by atoms with Crippen molar-refractivity contribution >= 4 is 28.8 Å². The average molecular weight is 445 g/mol. The molecule has 2 heterocycles. The first-order valence-electron chi connectivity index (χ1n) is 11.1. The number of amides is 2. The third kappa shape index (κ3) is 3.53. The van der Waals surface area contributed by atoms with Crippen molar-refractivity contribution in [1.29, 1.82) is 0 Å². The van der Waals surface area contributed by atoms with E-state index in [2.05, 4.69) is 0 Å². The molecule has 2 amide bonds. The summed E-state index contributed by atoms with van der Waals surface area (Å²) in [5, 5.41) is 0.834. The summed E-state index contributed by atoms with van der Waals surface area (Å²) in [7, 11) is 0. The molecule has 0 fully saturated rings. The fourth-order valence-corrected chi connectivity index (χ4v) is 4.76. The predicted molar refractivity (Wildman–Crippen MR) is 120 cm³/mol. The van der Waals surface area contributed by atoms with E-state index in [0.717, 1.165) is 34.3 Å². The largest absolute Gasteiger partial charge is 0.425 e. The Balaban J connectivity index is 1.46. The lowest BCUT2D eigenvalue weighted by molar-refractivity contribution is -0.139. The molecule has 7 heteroatoms. The summed E-state index contributed by atoms with van der Waals surface area (Å²) >= 11 is 0. The summed E-state index contributed by atoms with van der Waals surface area (Å²) in [5.41, 5.74) is 2.27. The van der Waals surface area contributed by atoms with Gasteiger partial charge in [0.2, 0.25) is 0 Å². The summed E-state index contributed by atoms with van der Waals surface area (Å²) in [4.78, 5) is 52.4. The molecule has 3 aromatic rings. The van der Waals surface area contributed by atoms with Crippen LogP contribution in [-0.4, -0.2) is 28.7 Å². The van der Waals surface area contributed by atoms with E-state index in [1.54, 1.807) is 36.4 Å². The molecule has 0 bridgehead atoms. The molecular weight excluding hydrogens is 422 g/mol. The van der Waals surface area contributed by atoms with Gasteiger partial charge in [0, 0.05) is 17.0 Å². The zero-order valence-corrected chi connectivity index (χ0v) is 18.4. The SMILES string of the molecule is CC(C)C[C@@H](C(=O)Oc1ccc2c3c(c(=O)oc2c1)CCC3)N1C(=O)c2ccccc2C1=O. The molecule has 5 rings (SSSR count). The maximum absolute atomic E-state index is 13.2. The van der Waals surface area contributed by atoms with Crippen LogP contribution >= 0.6 is 0 Å². The Kier molecular flexibility index (Phi) is 5.12. The van der Waals surface area contributed by atoms with Gasteiger partial charge in [-0.15, -0.1) is 0 Å². The standard InChI is InChI=1S/C26H23NO6/c1-14(2)12-21(27-23(28)18-6-3-4-7-19(18)24(27)29)26(31)32-15-10-11-17-16-8-5-9-20(16)25(30)33-22(17)13-15/h3-4,6-7,10-11,13-14,21H,5,8-9,12H2,1-2H3/t21-/m0/s1. The minimum absolute atomic E-state index is 0.0316. The van der Waals surface area contributed by atoms with Crippen molar-refractivity contribution in [2.24, 2.45) is 5.92 Å². The van der Waals surface area contributed by atoms with Gasteiger partial charge in [0.05, 0.1) is 11.1 Å². The number of ether oxygens (including phenoxy) is 1. The lowest BCUT2D eigenvalue weighted by Gasteiger charge is -2.25. The molecule has 1 atom stereocenters. The topological polar surface area (TPSA) is 93.9 Å². The molecule has 0 N–H and O–H groups in total. The molecule has 33 heavy (non-hydrogen) atoms. The van der Waals surface area contributed by atoms with Crippen molar-refractivity contribution in [3.05, 3.63) is 75.1 Å². The Bertz CT molecular complexity index is 1330. The lowest BCUT2D eigenvalue weighted by atomic mass is 10.0. The van der Waals surface area contributed by atoms with Crippen molar-refractivity contribution in [1.82, 2.24) is 4.90 Å². The van der Waals surface area contributed by atoms with Crippen LogP contribution in [0.15, 0.2) is 51.7 Å². The molecule has 0 unspecified atom stereocenters. The van der Waals surface area contributed by atoms with Gasteiger partial charge in [-0.2, -0.15) is 0 Å². The molecule has 1 aromatic heterocycles. The highest BCUT2D eigenvalue weighted by molar-refractivity contribution is 6.22. The number of carbonyl (C=O) groups is 3. The normalized spacial score (nSPS) is 15.8. The summed E-state index contributed by atoms with van der Waals surface area (Å²) < 4.78 is 11.1. The first kappa shape index (κ1) is 21.1. The van der Waals surface area contributed by atoms with E-state index in [-0.39, 0.29) is 34.8 Å². The van der Waals surface area contributed by atoms with Crippen LogP contribution in [0.5, 0.6) is 5.75 Å². The van der Waals surface area contributed by atoms with Gasteiger partial charge in [-0.3, -0.25) is 14.5 Å². The quantitative estimate of drug-likeness (QED) is 0.256. The molecule has 0 radical (unpaired) electrons. The predicted octanol–water partition coefficient (Wildman–Crippen LogP) is 3.90. The summed E-state index contributed by atoms with van der Waals surface area (Å²) in [6.45, 7) is 3.81. The van der Waals surface area contributed by atoms with Crippen LogP contribution in [0.2, 0.25) is 0 Å². The van der Waals surface area contributed by atoms with Crippen molar-refractivity contribution in [3.63, 3.8) is 0 Å². The Labute approximate surface area is 189 Å². The summed E-state index contributed by atoms with van der Waals surface area (Å²) in [5.74, 6) is -1.49. The zero-order valence-electron chi connectivity index (χ0n) is 18.4. The number of aryl methyl sites for hydroxylation is 1. The first-order chi connectivity index (χ1) is 15.8. The molecule has 2 aromatic carbocycles. The molecule has 2 aliphatic rings. The third-order valence-electron chi connectivity index (χ3n) is 6.27. The van der Waals surface area contributed by atoms with Crippen molar-refractivity contribution in [2.45, 2.75) is 45.6 Å². The smallest absolute Gasteiger partial charge is 0.339 e. The van der Waals surface area contributed by atoms with Crippen molar-refractivity contribution < 1.29 is 23.5 Å². The Morgan fingerprint density at radius 3 is 2.33 bits per heavy atom. The van der Waals surface area contributed by atoms with Gasteiger partial charge >= 0.3 is 11.6 Å². The molecule has 0 saturated heterocycles. The van der Waals surface area contributed by atoms with Gasteiger partial charge in [0.15, 0.2) is 0 Å². The fourth-order valence-electron chi connectivity index (χ4n) is 4.76. The van der Waals surface area contributed by atoms with E-state index >= 15 is 0 Å². The number of rotatable bonds is 5. The van der Waals surface area contributed by atoms with Crippen LogP contribution in [0.3, 0.4) is 0 Å². The maximum atomic E-state index is 13.2. The number of imide groups is 1. The van der Waals surface area contributed by atoms with E-state index in [1.807, 2.05) is 13.8 Å². The second kappa shape index (κ2) is 7.99. The second-order valence-electron chi connectivity index (χ2n) is 8.95. The van der Waals surface area contributed by atoms with Crippen LogP contribution in [0.4, 0.5) is 0 Å². The molecular formula is C26H23NO6. The Hall–Kier alpha value is -3.74. The van der Waals surface area contributed by atoms with Gasteiger partial charge in [0.25, 0.3) is 11.8 Å². The Morgan fingerprint density at radius 1 is 1.00 bits per heavy atom. The van der Waals surface area contributed by atoms with Crippen LogP contribution in [0.1, 0.15) is 58.5 Å². The van der Waals surface area contributed by atoms with E-state index in [4.69, 9.17) is 9.15 Å². The van der Waals surface area contributed by atoms with Crippen molar-refractivity contribution in [3.8, 4) is 5.75 Å². The van der Waals surface area contributed by atoms with Crippen molar-refractivity contribution in [2.75, 3.05) is 0 Å². The number of benzene rings is 2. The molecule has 168 valence electrons.